The van der Waals surface area contributed by atoms with Crippen molar-refractivity contribution in [1.82, 2.24) is 10.6 Å². The van der Waals surface area contributed by atoms with E-state index in [4.69, 9.17) is 0 Å². The van der Waals surface area contributed by atoms with Crippen LogP contribution in [0.1, 0.15) is 33.6 Å². The van der Waals surface area contributed by atoms with E-state index in [0.717, 1.165) is 6.42 Å². The predicted molar refractivity (Wildman–Crippen MR) is 53.6 cm³/mol. The molecule has 1 aliphatic rings. The van der Waals surface area contributed by atoms with E-state index in [1.54, 1.807) is 0 Å². The van der Waals surface area contributed by atoms with E-state index < -0.39 is 0 Å². The molecule has 4 nitrogen and oxygen atoms in total. The average molecular weight is 198 g/mol. The van der Waals surface area contributed by atoms with Crippen LogP contribution < -0.4 is 10.6 Å². The molecule has 0 aromatic rings. The Hall–Kier alpha value is -1.06. The van der Waals surface area contributed by atoms with Crippen molar-refractivity contribution in [2.24, 2.45) is 5.41 Å². The summed E-state index contributed by atoms with van der Waals surface area (Å²) in [4.78, 5) is 22.6. The Morgan fingerprint density at radius 3 is 2.64 bits per heavy atom. The van der Waals surface area contributed by atoms with Crippen molar-refractivity contribution in [1.29, 1.82) is 0 Å². The minimum absolute atomic E-state index is 0.00970. The molecule has 1 rings (SSSR count). The second kappa shape index (κ2) is 3.98. The molecule has 2 N–H and O–H groups in total. The zero-order chi connectivity index (χ0) is 10.8. The van der Waals surface area contributed by atoms with E-state index in [1.807, 2.05) is 20.8 Å². The first-order valence-electron chi connectivity index (χ1n) is 4.97. The molecular formula is C10H18N2O2. The van der Waals surface area contributed by atoms with Gasteiger partial charge < -0.3 is 10.6 Å². The van der Waals surface area contributed by atoms with Crippen LogP contribution >= 0.6 is 0 Å². The summed E-state index contributed by atoms with van der Waals surface area (Å²) in [5, 5.41) is 5.62. The Bertz CT molecular complexity index is 243. The van der Waals surface area contributed by atoms with Gasteiger partial charge >= 0.3 is 0 Å². The maximum Gasteiger partial charge on any atom is 0.225 e. The Kier molecular flexibility index (Phi) is 3.13. The molecule has 1 fully saturated rings. The third kappa shape index (κ3) is 3.01. The SMILES string of the molecule is CC(C)(C)C(=O)NC1CCNC(=O)C1. The molecule has 14 heavy (non-hydrogen) atoms. The molecule has 0 aromatic carbocycles. The summed E-state index contributed by atoms with van der Waals surface area (Å²) < 4.78 is 0. The van der Waals surface area contributed by atoms with E-state index in [1.165, 1.54) is 0 Å². The Balaban J connectivity index is 2.44. The maximum absolute atomic E-state index is 11.6. The largest absolute Gasteiger partial charge is 0.356 e. The number of amides is 2. The van der Waals surface area contributed by atoms with Gasteiger partial charge in [0.25, 0.3) is 0 Å². The van der Waals surface area contributed by atoms with Crippen LogP contribution in [-0.2, 0) is 9.59 Å². The van der Waals surface area contributed by atoms with Crippen LogP contribution in [0.25, 0.3) is 0 Å². The zero-order valence-corrected chi connectivity index (χ0v) is 9.02. The van der Waals surface area contributed by atoms with Crippen LogP contribution in [0, 0.1) is 5.41 Å². The highest BCUT2D eigenvalue weighted by Gasteiger charge is 2.26. The molecule has 0 aromatic heterocycles. The van der Waals surface area contributed by atoms with Crippen molar-refractivity contribution in [2.45, 2.75) is 39.7 Å². The first kappa shape index (κ1) is 11.0. The molecule has 0 aliphatic carbocycles. The van der Waals surface area contributed by atoms with Crippen LogP contribution in [-0.4, -0.2) is 24.4 Å². The molecule has 2 amide bonds. The first-order valence-corrected chi connectivity index (χ1v) is 4.97. The fourth-order valence-corrected chi connectivity index (χ4v) is 1.31. The molecular weight excluding hydrogens is 180 g/mol. The van der Waals surface area contributed by atoms with Crippen molar-refractivity contribution in [3.8, 4) is 0 Å². The van der Waals surface area contributed by atoms with Gasteiger partial charge in [0, 0.05) is 24.4 Å². The molecule has 0 bridgehead atoms. The van der Waals surface area contributed by atoms with Crippen molar-refractivity contribution >= 4 is 11.8 Å². The van der Waals surface area contributed by atoms with Gasteiger partial charge in [0.05, 0.1) is 0 Å². The normalized spacial score (nSPS) is 22.8. The third-order valence-electron chi connectivity index (χ3n) is 2.26. The Morgan fingerprint density at radius 1 is 1.50 bits per heavy atom. The summed E-state index contributed by atoms with van der Waals surface area (Å²) in [6.07, 6.45) is 1.23. The molecule has 1 unspecified atom stereocenters. The molecule has 0 spiro atoms. The van der Waals surface area contributed by atoms with Crippen LogP contribution in [0.4, 0.5) is 0 Å². The maximum atomic E-state index is 11.6. The van der Waals surface area contributed by atoms with Gasteiger partial charge in [-0.3, -0.25) is 9.59 Å². The number of carbonyl (C=O) groups excluding carboxylic acids is 2. The van der Waals surface area contributed by atoms with E-state index in [2.05, 4.69) is 10.6 Å². The number of nitrogens with one attached hydrogen (secondary N) is 2. The highest BCUT2D eigenvalue weighted by Crippen LogP contribution is 2.14. The summed E-state index contributed by atoms with van der Waals surface area (Å²) in [5.74, 6) is 0.0349. The summed E-state index contributed by atoms with van der Waals surface area (Å²) >= 11 is 0. The van der Waals surface area contributed by atoms with Gasteiger partial charge in [0.2, 0.25) is 11.8 Å². The molecule has 4 heteroatoms. The lowest BCUT2D eigenvalue weighted by molar-refractivity contribution is -0.130. The van der Waals surface area contributed by atoms with Crippen molar-refractivity contribution in [3.63, 3.8) is 0 Å². The minimum atomic E-state index is -0.381. The monoisotopic (exact) mass is 198 g/mol. The molecule has 0 saturated carbocycles. The molecule has 1 atom stereocenters. The Morgan fingerprint density at radius 2 is 2.14 bits per heavy atom. The standard InChI is InChI=1S/C10H18N2O2/c1-10(2,3)9(14)12-7-4-5-11-8(13)6-7/h7H,4-6H2,1-3H3,(H,11,13)(H,12,14). The van der Waals surface area contributed by atoms with Crippen molar-refractivity contribution in [3.05, 3.63) is 0 Å². The van der Waals surface area contributed by atoms with Crippen LogP contribution in [0.2, 0.25) is 0 Å². The second-order valence-corrected chi connectivity index (χ2v) is 4.76. The zero-order valence-electron chi connectivity index (χ0n) is 9.02. The number of hydrogen-bond acceptors (Lipinski definition) is 2. The van der Waals surface area contributed by atoms with E-state index in [0.29, 0.717) is 13.0 Å². The number of rotatable bonds is 1. The van der Waals surface area contributed by atoms with Crippen molar-refractivity contribution in [2.75, 3.05) is 6.54 Å². The molecule has 1 aliphatic heterocycles. The van der Waals surface area contributed by atoms with Gasteiger partial charge in [-0.15, -0.1) is 0 Å². The van der Waals surface area contributed by atoms with E-state index >= 15 is 0 Å². The highest BCUT2D eigenvalue weighted by molar-refractivity contribution is 5.83. The average Bonchev–Trinajstić information content (AvgIpc) is 2.02. The van der Waals surface area contributed by atoms with Crippen LogP contribution in [0.15, 0.2) is 0 Å². The lowest BCUT2D eigenvalue weighted by Crippen LogP contribution is -2.48. The molecule has 80 valence electrons. The summed E-state index contributed by atoms with van der Waals surface area (Å²) in [6, 6.07) is 0.00970. The van der Waals surface area contributed by atoms with Crippen molar-refractivity contribution < 1.29 is 9.59 Å². The fourth-order valence-electron chi connectivity index (χ4n) is 1.31. The fraction of sp³-hybridized carbons (Fsp3) is 0.800. The van der Waals surface area contributed by atoms with E-state index in [-0.39, 0.29) is 23.3 Å². The van der Waals surface area contributed by atoms with Gasteiger partial charge in [-0.1, -0.05) is 20.8 Å². The molecule has 0 radical (unpaired) electrons. The van der Waals surface area contributed by atoms with Crippen LogP contribution in [0.5, 0.6) is 0 Å². The lowest BCUT2D eigenvalue weighted by atomic mass is 9.94. The predicted octanol–water partition coefficient (Wildman–Crippen LogP) is 0.427. The summed E-state index contributed by atoms with van der Waals surface area (Å²) in [7, 11) is 0. The molecule has 1 heterocycles. The van der Waals surface area contributed by atoms with Gasteiger partial charge in [-0.2, -0.15) is 0 Å². The number of carbonyl (C=O) groups is 2. The number of piperidine rings is 1. The first-order chi connectivity index (χ1) is 6.39. The van der Waals surface area contributed by atoms with Crippen LogP contribution in [0.3, 0.4) is 0 Å². The second-order valence-electron chi connectivity index (χ2n) is 4.76. The summed E-state index contributed by atoms with van der Waals surface area (Å²) in [5.41, 5.74) is -0.381. The van der Waals surface area contributed by atoms with Gasteiger partial charge in [0.1, 0.15) is 0 Å². The third-order valence-corrected chi connectivity index (χ3v) is 2.26. The van der Waals surface area contributed by atoms with Gasteiger partial charge in [-0.05, 0) is 6.42 Å². The minimum Gasteiger partial charge on any atom is -0.356 e. The lowest BCUT2D eigenvalue weighted by Gasteiger charge is -2.26. The van der Waals surface area contributed by atoms with E-state index in [9.17, 15) is 9.59 Å². The van der Waals surface area contributed by atoms with Gasteiger partial charge in [0.15, 0.2) is 0 Å². The van der Waals surface area contributed by atoms with Gasteiger partial charge in [-0.25, -0.2) is 0 Å². The smallest absolute Gasteiger partial charge is 0.225 e. The molecule has 1 saturated heterocycles. The highest BCUT2D eigenvalue weighted by atomic mass is 16.2. The number of hydrogen-bond donors (Lipinski definition) is 2. The summed E-state index contributed by atoms with van der Waals surface area (Å²) in [6.45, 7) is 6.26. The quantitative estimate of drug-likeness (QED) is 0.642. The topological polar surface area (TPSA) is 58.2 Å². The Labute approximate surface area is 84.4 Å².